The fourth-order valence-electron chi connectivity index (χ4n) is 2.87. The molecule has 140 valence electrons. The lowest BCUT2D eigenvalue weighted by atomic mass is 9.87. The number of urea groups is 1. The highest BCUT2D eigenvalue weighted by atomic mass is 16.5. The number of esters is 1. The fraction of sp³-hybridized carbons (Fsp3) is 0.600. The molecule has 1 saturated carbocycles. The second-order valence-electron chi connectivity index (χ2n) is 7.49. The Morgan fingerprint density at radius 1 is 1.16 bits per heavy atom. The molecule has 1 aliphatic rings. The van der Waals surface area contributed by atoms with Gasteiger partial charge < -0.3 is 15.4 Å². The second-order valence-corrected chi connectivity index (χ2v) is 7.49. The van der Waals surface area contributed by atoms with Gasteiger partial charge in [-0.2, -0.15) is 0 Å². The molecule has 0 aromatic heterocycles. The van der Waals surface area contributed by atoms with Crippen molar-refractivity contribution in [3.05, 3.63) is 35.9 Å². The first-order valence-corrected chi connectivity index (χ1v) is 8.64. The molecular formula is C20H32N2O3. The van der Waals surface area contributed by atoms with Crippen LogP contribution in [-0.4, -0.2) is 24.1 Å². The highest BCUT2D eigenvalue weighted by molar-refractivity contribution is 5.84. The molecule has 1 unspecified atom stereocenters. The highest BCUT2D eigenvalue weighted by Gasteiger charge is 2.34. The summed E-state index contributed by atoms with van der Waals surface area (Å²) in [5.74, 6) is -0.409. The molecule has 0 saturated heterocycles. The minimum absolute atomic E-state index is 0. The van der Waals surface area contributed by atoms with Gasteiger partial charge >= 0.3 is 12.0 Å². The smallest absolute Gasteiger partial charge is 0.329 e. The van der Waals surface area contributed by atoms with Crippen molar-refractivity contribution in [2.75, 3.05) is 0 Å². The predicted molar refractivity (Wildman–Crippen MR) is 100 cm³/mol. The highest BCUT2D eigenvalue weighted by Crippen LogP contribution is 2.22. The average Bonchev–Trinajstić information content (AvgIpc) is 3.03. The number of amides is 2. The van der Waals surface area contributed by atoms with Crippen LogP contribution in [0.15, 0.2) is 30.3 Å². The van der Waals surface area contributed by atoms with E-state index in [4.69, 9.17) is 4.74 Å². The van der Waals surface area contributed by atoms with E-state index in [9.17, 15) is 9.59 Å². The Bertz CT molecular complexity index is 546. The van der Waals surface area contributed by atoms with Crippen LogP contribution in [0.5, 0.6) is 0 Å². The average molecular weight is 348 g/mol. The maximum absolute atomic E-state index is 12.5. The van der Waals surface area contributed by atoms with Crippen LogP contribution in [0.1, 0.15) is 59.4 Å². The van der Waals surface area contributed by atoms with Gasteiger partial charge in [0.1, 0.15) is 12.6 Å². The third kappa shape index (κ3) is 6.77. The minimum Gasteiger partial charge on any atom is -0.459 e. The van der Waals surface area contributed by atoms with Gasteiger partial charge in [-0.15, -0.1) is 0 Å². The lowest BCUT2D eigenvalue weighted by Gasteiger charge is -2.30. The first-order chi connectivity index (χ1) is 11.4. The molecule has 1 aromatic carbocycles. The third-order valence-corrected chi connectivity index (χ3v) is 4.29. The third-order valence-electron chi connectivity index (χ3n) is 4.29. The standard InChI is InChI=1S/C19H28N2O3.CH4/c1-19(2,3)16(21-18(23)20-15-11-7-8-12-15)17(22)24-13-14-9-5-4-6-10-14;/h4-6,9-10,15-16H,7-8,11-13H2,1-3H3,(H2,20,21,23);1H4. The van der Waals surface area contributed by atoms with Gasteiger partial charge in [0.05, 0.1) is 0 Å². The Morgan fingerprint density at radius 3 is 2.32 bits per heavy atom. The zero-order valence-corrected chi connectivity index (χ0v) is 14.8. The molecule has 0 heterocycles. The van der Waals surface area contributed by atoms with Gasteiger partial charge in [0, 0.05) is 6.04 Å². The normalized spacial score (nSPS) is 15.8. The van der Waals surface area contributed by atoms with Crippen molar-refractivity contribution in [3.63, 3.8) is 0 Å². The summed E-state index contributed by atoms with van der Waals surface area (Å²) in [5.41, 5.74) is 0.495. The zero-order valence-electron chi connectivity index (χ0n) is 14.8. The van der Waals surface area contributed by atoms with E-state index in [0.717, 1.165) is 31.2 Å². The molecule has 25 heavy (non-hydrogen) atoms. The van der Waals surface area contributed by atoms with Crippen molar-refractivity contribution in [2.24, 2.45) is 5.41 Å². The first-order valence-electron chi connectivity index (χ1n) is 8.64. The first kappa shape index (κ1) is 21.0. The number of hydrogen-bond donors (Lipinski definition) is 2. The molecule has 2 N–H and O–H groups in total. The van der Waals surface area contributed by atoms with E-state index in [0.29, 0.717) is 0 Å². The molecule has 0 bridgehead atoms. The van der Waals surface area contributed by atoms with E-state index < -0.39 is 17.4 Å². The van der Waals surface area contributed by atoms with Crippen molar-refractivity contribution in [1.29, 1.82) is 0 Å². The van der Waals surface area contributed by atoms with E-state index >= 15 is 0 Å². The summed E-state index contributed by atoms with van der Waals surface area (Å²) in [6.45, 7) is 5.95. The summed E-state index contributed by atoms with van der Waals surface area (Å²) in [6.07, 6.45) is 4.30. The summed E-state index contributed by atoms with van der Waals surface area (Å²) < 4.78 is 5.41. The van der Waals surface area contributed by atoms with E-state index in [1.54, 1.807) is 0 Å². The van der Waals surface area contributed by atoms with Gasteiger partial charge in [-0.1, -0.05) is 71.4 Å². The molecule has 5 nitrogen and oxygen atoms in total. The predicted octanol–water partition coefficient (Wildman–Crippen LogP) is 4.02. The number of carbonyl (C=O) groups excluding carboxylic acids is 2. The van der Waals surface area contributed by atoms with Crippen molar-refractivity contribution >= 4 is 12.0 Å². The van der Waals surface area contributed by atoms with Crippen LogP contribution in [0, 0.1) is 5.41 Å². The second kappa shape index (κ2) is 9.44. The molecule has 2 amide bonds. The lowest BCUT2D eigenvalue weighted by Crippen LogP contribution is -2.54. The maximum atomic E-state index is 12.5. The Labute approximate surface area is 151 Å². The van der Waals surface area contributed by atoms with Crippen molar-refractivity contribution in [1.82, 2.24) is 10.6 Å². The van der Waals surface area contributed by atoms with Crippen LogP contribution in [0.3, 0.4) is 0 Å². The van der Waals surface area contributed by atoms with Gasteiger partial charge in [-0.3, -0.25) is 0 Å². The van der Waals surface area contributed by atoms with Crippen LogP contribution in [0.4, 0.5) is 4.79 Å². The SMILES string of the molecule is C.CC(C)(C)C(NC(=O)NC1CCCC1)C(=O)OCc1ccccc1. The van der Waals surface area contributed by atoms with Crippen LogP contribution in [0.25, 0.3) is 0 Å². The number of benzene rings is 1. The Balaban J connectivity index is 0.00000312. The molecule has 1 fully saturated rings. The fourth-order valence-corrected chi connectivity index (χ4v) is 2.87. The van der Waals surface area contributed by atoms with E-state index in [2.05, 4.69) is 10.6 Å². The Morgan fingerprint density at radius 2 is 1.76 bits per heavy atom. The topological polar surface area (TPSA) is 67.4 Å². The number of hydrogen-bond acceptors (Lipinski definition) is 3. The number of ether oxygens (including phenoxy) is 1. The quantitative estimate of drug-likeness (QED) is 0.790. The van der Waals surface area contributed by atoms with E-state index in [-0.39, 0.29) is 26.1 Å². The summed E-state index contributed by atoms with van der Waals surface area (Å²) >= 11 is 0. The molecule has 1 aliphatic carbocycles. The van der Waals surface area contributed by atoms with Gasteiger partial charge in [0.15, 0.2) is 0 Å². The molecule has 0 aliphatic heterocycles. The van der Waals surface area contributed by atoms with Crippen molar-refractivity contribution in [2.45, 2.75) is 72.6 Å². The number of rotatable bonds is 5. The summed E-state index contributed by atoms with van der Waals surface area (Å²) in [4.78, 5) is 24.7. The molecule has 5 heteroatoms. The van der Waals surface area contributed by atoms with Crippen LogP contribution in [0.2, 0.25) is 0 Å². The van der Waals surface area contributed by atoms with Gasteiger partial charge in [0.2, 0.25) is 0 Å². The van der Waals surface area contributed by atoms with Crippen LogP contribution in [-0.2, 0) is 16.1 Å². The van der Waals surface area contributed by atoms with E-state index in [1.165, 1.54) is 0 Å². The molecular weight excluding hydrogens is 316 g/mol. The van der Waals surface area contributed by atoms with Crippen LogP contribution >= 0.6 is 0 Å². The maximum Gasteiger partial charge on any atom is 0.329 e. The van der Waals surface area contributed by atoms with Gasteiger partial charge in [-0.05, 0) is 23.8 Å². The van der Waals surface area contributed by atoms with E-state index in [1.807, 2.05) is 51.1 Å². The summed E-state index contributed by atoms with van der Waals surface area (Å²) in [7, 11) is 0. The monoisotopic (exact) mass is 348 g/mol. The number of nitrogens with one attached hydrogen (secondary N) is 2. The lowest BCUT2D eigenvalue weighted by molar-refractivity contribution is -0.150. The van der Waals surface area contributed by atoms with Gasteiger partial charge in [0.25, 0.3) is 0 Å². The Hall–Kier alpha value is -2.04. The summed E-state index contributed by atoms with van der Waals surface area (Å²) in [5, 5.41) is 5.75. The molecule has 0 spiro atoms. The van der Waals surface area contributed by atoms with Crippen molar-refractivity contribution in [3.8, 4) is 0 Å². The Kier molecular flexibility index (Phi) is 7.94. The molecule has 2 rings (SSSR count). The molecule has 0 radical (unpaired) electrons. The largest absolute Gasteiger partial charge is 0.459 e. The van der Waals surface area contributed by atoms with Gasteiger partial charge in [-0.25, -0.2) is 9.59 Å². The molecule has 1 atom stereocenters. The number of carbonyl (C=O) groups is 2. The minimum atomic E-state index is -0.692. The van der Waals surface area contributed by atoms with Crippen molar-refractivity contribution < 1.29 is 14.3 Å². The van der Waals surface area contributed by atoms with Crippen LogP contribution < -0.4 is 10.6 Å². The molecule has 1 aromatic rings. The summed E-state index contributed by atoms with van der Waals surface area (Å²) in [6, 6.07) is 8.75. The zero-order chi connectivity index (χ0) is 17.6.